The number of pyridine rings is 1. The van der Waals surface area contributed by atoms with E-state index < -0.39 is 29.4 Å². The highest BCUT2D eigenvalue weighted by Crippen LogP contribution is 2.26. The summed E-state index contributed by atoms with van der Waals surface area (Å²) in [6, 6.07) is 1.24. The molecule has 2 rings (SSSR count). The first-order chi connectivity index (χ1) is 8.77. The van der Waals surface area contributed by atoms with Crippen molar-refractivity contribution >= 4 is 5.91 Å². The van der Waals surface area contributed by atoms with E-state index in [1.54, 1.807) is 4.98 Å². The lowest BCUT2D eigenvalue weighted by molar-refractivity contribution is -0.141. The number of aliphatic hydroxyl groups excluding tert-OH is 1. The van der Waals surface area contributed by atoms with Crippen LogP contribution in [0.5, 0.6) is 0 Å². The highest BCUT2D eigenvalue weighted by atomic mass is 19.4. The van der Waals surface area contributed by atoms with Crippen molar-refractivity contribution in [1.82, 2.24) is 10.3 Å². The van der Waals surface area contributed by atoms with Crippen LogP contribution in [-0.4, -0.2) is 28.1 Å². The highest BCUT2D eigenvalue weighted by molar-refractivity contribution is 5.94. The number of halogens is 3. The fraction of sp³-hybridized carbons (Fsp3) is 0.455. The highest BCUT2D eigenvalue weighted by Gasteiger charge is 2.33. The number of nitrogens with one attached hydrogen (secondary N) is 2. The molecule has 1 amide bonds. The van der Waals surface area contributed by atoms with Gasteiger partial charge in [0, 0.05) is 6.04 Å². The average Bonchev–Trinajstić information content (AvgIpc) is 2.25. The van der Waals surface area contributed by atoms with Crippen LogP contribution in [0.4, 0.5) is 13.2 Å². The summed E-state index contributed by atoms with van der Waals surface area (Å²) >= 11 is 0. The predicted octanol–water partition coefficient (Wildman–Crippen LogP) is 0.647. The third-order valence-corrected chi connectivity index (χ3v) is 2.91. The summed E-state index contributed by atoms with van der Waals surface area (Å²) in [5.41, 5.74) is -2.67. The van der Waals surface area contributed by atoms with Crippen molar-refractivity contribution in [3.8, 4) is 0 Å². The molecule has 104 valence electrons. The van der Waals surface area contributed by atoms with E-state index in [9.17, 15) is 22.8 Å². The first kappa shape index (κ1) is 13.6. The molecule has 1 saturated carbocycles. The van der Waals surface area contributed by atoms with Crippen LogP contribution in [0, 0.1) is 0 Å². The minimum Gasteiger partial charge on any atom is -0.393 e. The Morgan fingerprint density at radius 1 is 1.37 bits per heavy atom. The van der Waals surface area contributed by atoms with Gasteiger partial charge in [-0.25, -0.2) is 0 Å². The summed E-state index contributed by atoms with van der Waals surface area (Å²) in [7, 11) is 0. The summed E-state index contributed by atoms with van der Waals surface area (Å²) in [5, 5.41) is 11.5. The Bertz CT molecular complexity index is 547. The van der Waals surface area contributed by atoms with Crippen molar-refractivity contribution < 1.29 is 23.1 Å². The smallest absolute Gasteiger partial charge is 0.393 e. The van der Waals surface area contributed by atoms with E-state index in [1.165, 1.54) is 0 Å². The Balaban J connectivity index is 2.13. The molecule has 19 heavy (non-hydrogen) atoms. The molecule has 0 saturated heterocycles. The van der Waals surface area contributed by atoms with Gasteiger partial charge in [-0.05, 0) is 25.0 Å². The molecule has 1 aromatic heterocycles. The largest absolute Gasteiger partial charge is 0.431 e. The number of alkyl halides is 3. The van der Waals surface area contributed by atoms with Gasteiger partial charge in [-0.3, -0.25) is 9.59 Å². The maximum absolute atomic E-state index is 12.3. The summed E-state index contributed by atoms with van der Waals surface area (Å²) < 4.78 is 37.0. The van der Waals surface area contributed by atoms with Crippen LogP contribution >= 0.6 is 0 Å². The first-order valence-corrected chi connectivity index (χ1v) is 5.57. The number of hydrogen-bond acceptors (Lipinski definition) is 3. The molecule has 1 fully saturated rings. The molecule has 8 heteroatoms. The Morgan fingerprint density at radius 3 is 2.47 bits per heavy atom. The molecule has 0 spiro atoms. The number of aromatic amines is 1. The van der Waals surface area contributed by atoms with Gasteiger partial charge in [-0.15, -0.1) is 0 Å². The van der Waals surface area contributed by atoms with Crippen molar-refractivity contribution in [3.63, 3.8) is 0 Å². The van der Waals surface area contributed by atoms with E-state index in [4.69, 9.17) is 5.11 Å². The second kappa shape index (κ2) is 4.69. The lowest BCUT2D eigenvalue weighted by Crippen LogP contribution is -2.47. The summed E-state index contributed by atoms with van der Waals surface area (Å²) in [6.45, 7) is 0. The SMILES string of the molecule is O=C(NC1CC(O)C1)c1ccc(C(F)(F)F)[nH]c1=O. The first-order valence-electron chi connectivity index (χ1n) is 5.57. The maximum atomic E-state index is 12.3. The zero-order valence-electron chi connectivity index (χ0n) is 9.62. The van der Waals surface area contributed by atoms with Gasteiger partial charge < -0.3 is 15.4 Å². The van der Waals surface area contributed by atoms with Crippen molar-refractivity contribution in [2.24, 2.45) is 0 Å². The van der Waals surface area contributed by atoms with Crippen LogP contribution < -0.4 is 10.9 Å². The number of aliphatic hydroxyl groups is 1. The summed E-state index contributed by atoms with van der Waals surface area (Å²) in [5.74, 6) is -0.744. The Hall–Kier alpha value is -1.83. The van der Waals surface area contributed by atoms with Gasteiger partial charge in [0.2, 0.25) is 0 Å². The fourth-order valence-electron chi connectivity index (χ4n) is 1.79. The third-order valence-electron chi connectivity index (χ3n) is 2.91. The average molecular weight is 276 g/mol. The van der Waals surface area contributed by atoms with Gasteiger partial charge in [0.1, 0.15) is 11.3 Å². The van der Waals surface area contributed by atoms with Crippen molar-refractivity contribution in [2.75, 3.05) is 0 Å². The zero-order valence-corrected chi connectivity index (χ0v) is 9.62. The van der Waals surface area contributed by atoms with Gasteiger partial charge in [0.25, 0.3) is 11.5 Å². The number of carbonyl (C=O) groups is 1. The standard InChI is InChI=1S/C11H11F3N2O3/c12-11(13,14)8-2-1-7(10(19)16-8)9(18)15-5-3-6(17)4-5/h1-2,5-6,17H,3-4H2,(H,15,18)(H,16,19). The van der Waals surface area contributed by atoms with Crippen molar-refractivity contribution in [1.29, 1.82) is 0 Å². The molecule has 0 aliphatic heterocycles. The minimum atomic E-state index is -4.66. The Morgan fingerprint density at radius 2 is 2.00 bits per heavy atom. The van der Waals surface area contributed by atoms with E-state index in [0.717, 1.165) is 6.07 Å². The van der Waals surface area contributed by atoms with Gasteiger partial charge in [-0.2, -0.15) is 13.2 Å². The molecule has 3 N–H and O–H groups in total. The molecular weight excluding hydrogens is 265 g/mol. The second-order valence-electron chi connectivity index (χ2n) is 4.41. The zero-order chi connectivity index (χ0) is 14.2. The molecule has 0 unspecified atom stereocenters. The monoisotopic (exact) mass is 276 g/mol. The normalized spacial score (nSPS) is 22.7. The predicted molar refractivity (Wildman–Crippen MR) is 58.6 cm³/mol. The Kier molecular flexibility index (Phi) is 3.36. The van der Waals surface area contributed by atoms with Gasteiger partial charge in [0.15, 0.2) is 0 Å². The minimum absolute atomic E-state index is 0.246. The number of rotatable bonds is 2. The number of amides is 1. The number of hydrogen-bond donors (Lipinski definition) is 3. The van der Waals surface area contributed by atoms with Crippen LogP contribution in [-0.2, 0) is 6.18 Å². The topological polar surface area (TPSA) is 82.2 Å². The van der Waals surface area contributed by atoms with E-state index in [0.29, 0.717) is 18.9 Å². The molecule has 1 aliphatic rings. The van der Waals surface area contributed by atoms with Gasteiger partial charge in [0.05, 0.1) is 6.10 Å². The number of carbonyl (C=O) groups excluding carboxylic acids is 1. The second-order valence-corrected chi connectivity index (χ2v) is 4.41. The molecule has 0 atom stereocenters. The summed E-state index contributed by atoms with van der Waals surface area (Å²) in [4.78, 5) is 24.7. The number of aromatic nitrogens is 1. The quantitative estimate of drug-likeness (QED) is 0.741. The molecular formula is C11H11F3N2O3. The maximum Gasteiger partial charge on any atom is 0.431 e. The molecule has 0 radical (unpaired) electrons. The van der Waals surface area contributed by atoms with Crippen LogP contribution in [0.15, 0.2) is 16.9 Å². The van der Waals surface area contributed by atoms with Crippen LogP contribution in [0.3, 0.4) is 0 Å². The van der Waals surface area contributed by atoms with Crippen LogP contribution in [0.25, 0.3) is 0 Å². The number of H-pyrrole nitrogens is 1. The van der Waals surface area contributed by atoms with Gasteiger partial charge in [-0.1, -0.05) is 0 Å². The molecule has 1 aromatic rings. The molecule has 1 aliphatic carbocycles. The molecule has 5 nitrogen and oxygen atoms in total. The Labute approximate surface area is 105 Å². The third kappa shape index (κ3) is 2.95. The lowest BCUT2D eigenvalue weighted by atomic mass is 9.89. The van der Waals surface area contributed by atoms with Crippen molar-refractivity contribution in [3.05, 3.63) is 33.7 Å². The molecule has 0 aromatic carbocycles. The van der Waals surface area contributed by atoms with E-state index in [1.807, 2.05) is 0 Å². The van der Waals surface area contributed by atoms with Gasteiger partial charge >= 0.3 is 6.18 Å². The van der Waals surface area contributed by atoms with Crippen LogP contribution in [0.1, 0.15) is 28.9 Å². The molecule has 0 bridgehead atoms. The van der Waals surface area contributed by atoms with E-state index in [-0.39, 0.29) is 11.6 Å². The summed E-state index contributed by atoms with van der Waals surface area (Å²) in [6.07, 6.45) is -4.38. The van der Waals surface area contributed by atoms with Crippen molar-refractivity contribution in [2.45, 2.75) is 31.2 Å². The van der Waals surface area contributed by atoms with E-state index >= 15 is 0 Å². The fourth-order valence-corrected chi connectivity index (χ4v) is 1.79. The molecule has 1 heterocycles. The lowest BCUT2D eigenvalue weighted by Gasteiger charge is -2.31. The van der Waals surface area contributed by atoms with E-state index in [2.05, 4.69) is 5.32 Å². The van der Waals surface area contributed by atoms with Crippen LogP contribution in [0.2, 0.25) is 0 Å².